The van der Waals surface area contributed by atoms with E-state index < -0.39 is 0 Å². The summed E-state index contributed by atoms with van der Waals surface area (Å²) in [6.07, 6.45) is 6.25. The molecule has 0 aliphatic carbocycles. The van der Waals surface area contributed by atoms with E-state index in [4.69, 9.17) is 4.52 Å². The average Bonchev–Trinajstić information content (AvgIpc) is 3.49. The fourth-order valence-corrected chi connectivity index (χ4v) is 3.29. The molecule has 10 heteroatoms. The molecule has 0 fully saturated rings. The van der Waals surface area contributed by atoms with Crippen LogP contribution in [0.25, 0.3) is 16.5 Å². The van der Waals surface area contributed by atoms with Crippen molar-refractivity contribution in [3.05, 3.63) is 60.0 Å². The lowest BCUT2D eigenvalue weighted by atomic mass is 10.2. The zero-order valence-electron chi connectivity index (χ0n) is 14.9. The van der Waals surface area contributed by atoms with Crippen LogP contribution >= 0.6 is 11.3 Å². The van der Waals surface area contributed by atoms with Gasteiger partial charge in [-0.05, 0) is 23.9 Å². The molecule has 4 rings (SSSR count). The highest BCUT2D eigenvalue weighted by Gasteiger charge is 2.11. The van der Waals surface area contributed by atoms with Crippen LogP contribution in [-0.4, -0.2) is 35.8 Å². The van der Waals surface area contributed by atoms with Crippen molar-refractivity contribution in [1.29, 1.82) is 0 Å². The highest BCUT2D eigenvalue weighted by Crippen LogP contribution is 2.21. The molecule has 0 unspecified atom stereocenters. The van der Waals surface area contributed by atoms with E-state index in [2.05, 4.69) is 30.5 Å². The second kappa shape index (κ2) is 8.53. The summed E-state index contributed by atoms with van der Waals surface area (Å²) in [5.74, 6) is 1.72. The van der Waals surface area contributed by atoms with Gasteiger partial charge in [0.05, 0.1) is 4.88 Å². The van der Waals surface area contributed by atoms with Crippen molar-refractivity contribution in [2.45, 2.75) is 25.8 Å². The van der Waals surface area contributed by atoms with Gasteiger partial charge < -0.3 is 9.84 Å². The molecular weight excluding hydrogens is 378 g/mol. The van der Waals surface area contributed by atoms with E-state index in [1.165, 1.54) is 6.33 Å². The van der Waals surface area contributed by atoms with E-state index >= 15 is 0 Å². The zero-order chi connectivity index (χ0) is 19.2. The molecule has 0 radical (unpaired) electrons. The zero-order valence-corrected chi connectivity index (χ0v) is 15.7. The van der Waals surface area contributed by atoms with E-state index in [1.54, 1.807) is 28.5 Å². The van der Waals surface area contributed by atoms with Gasteiger partial charge in [-0.25, -0.2) is 14.6 Å². The van der Waals surface area contributed by atoms with Gasteiger partial charge in [0.2, 0.25) is 17.6 Å². The maximum absolute atomic E-state index is 12.2. The summed E-state index contributed by atoms with van der Waals surface area (Å²) in [6.45, 7) is 0.366. The fraction of sp³-hybridized carbons (Fsp3) is 0.222. The molecule has 142 valence electrons. The smallest absolute Gasteiger partial charge is 0.226 e. The van der Waals surface area contributed by atoms with Gasteiger partial charge in [0, 0.05) is 31.1 Å². The first-order chi connectivity index (χ1) is 13.8. The Kier molecular flexibility index (Phi) is 5.48. The molecule has 0 atom stereocenters. The van der Waals surface area contributed by atoms with Gasteiger partial charge in [0.15, 0.2) is 5.82 Å². The molecule has 4 heterocycles. The summed E-state index contributed by atoms with van der Waals surface area (Å²) in [5, 5.41) is 12.9. The molecule has 0 aliphatic heterocycles. The third-order valence-electron chi connectivity index (χ3n) is 3.98. The van der Waals surface area contributed by atoms with Crippen molar-refractivity contribution in [3.8, 4) is 16.5 Å². The number of rotatable bonds is 8. The maximum Gasteiger partial charge on any atom is 0.226 e. The van der Waals surface area contributed by atoms with Crippen LogP contribution in [0, 0.1) is 0 Å². The molecule has 1 N–H and O–H groups in total. The number of nitrogens with zero attached hydrogens (tertiary/aromatic N) is 6. The Morgan fingerprint density at radius 1 is 1.29 bits per heavy atom. The Bertz CT molecular complexity index is 1030. The lowest BCUT2D eigenvalue weighted by Gasteiger charge is -2.09. The second-order valence-electron chi connectivity index (χ2n) is 5.95. The number of thiophene rings is 1. The van der Waals surface area contributed by atoms with Crippen LogP contribution in [0.5, 0.6) is 0 Å². The second-order valence-corrected chi connectivity index (χ2v) is 6.89. The van der Waals surface area contributed by atoms with Crippen molar-refractivity contribution >= 4 is 17.2 Å². The first-order valence-electron chi connectivity index (χ1n) is 8.71. The number of pyridine rings is 1. The molecule has 1 amide bonds. The lowest BCUT2D eigenvalue weighted by Crippen LogP contribution is -2.23. The topological polar surface area (TPSA) is 112 Å². The Hall–Kier alpha value is -3.40. The van der Waals surface area contributed by atoms with Crippen LogP contribution in [0.2, 0.25) is 0 Å². The van der Waals surface area contributed by atoms with Crippen LogP contribution in [-0.2, 0) is 17.8 Å². The maximum atomic E-state index is 12.2. The molecule has 9 nitrogen and oxygen atoms in total. The summed E-state index contributed by atoms with van der Waals surface area (Å²) >= 11 is 1.56. The molecule has 4 aromatic heterocycles. The highest BCUT2D eigenvalue weighted by atomic mass is 32.1. The minimum atomic E-state index is -0.0496. The molecule has 0 saturated heterocycles. The van der Waals surface area contributed by atoms with Crippen LogP contribution in [0.4, 0.5) is 0 Å². The Balaban J connectivity index is 1.26. The number of hydrogen-bond donors (Lipinski definition) is 1. The van der Waals surface area contributed by atoms with Crippen LogP contribution in [0.3, 0.4) is 0 Å². The SMILES string of the molecule is O=C(CCCc1nc(-c2cccs2)no1)NCc1cccnc1-n1cncn1. The molecule has 0 aromatic carbocycles. The summed E-state index contributed by atoms with van der Waals surface area (Å²) in [5.41, 5.74) is 0.860. The monoisotopic (exact) mass is 395 g/mol. The van der Waals surface area contributed by atoms with Gasteiger partial charge in [0.1, 0.15) is 12.7 Å². The summed E-state index contributed by atoms with van der Waals surface area (Å²) in [4.78, 5) is 25.7. The highest BCUT2D eigenvalue weighted by molar-refractivity contribution is 7.13. The van der Waals surface area contributed by atoms with E-state index in [0.29, 0.717) is 43.3 Å². The van der Waals surface area contributed by atoms with E-state index in [0.717, 1.165) is 10.4 Å². The molecule has 0 saturated carbocycles. The fourth-order valence-electron chi connectivity index (χ4n) is 2.64. The Labute approximate surface area is 164 Å². The van der Waals surface area contributed by atoms with Gasteiger partial charge >= 0.3 is 0 Å². The number of hydrogen-bond acceptors (Lipinski definition) is 8. The van der Waals surface area contributed by atoms with Crippen LogP contribution < -0.4 is 5.32 Å². The van der Waals surface area contributed by atoms with Crippen molar-refractivity contribution in [2.24, 2.45) is 0 Å². The molecular formula is C18H17N7O2S. The quantitative estimate of drug-likeness (QED) is 0.487. The number of aryl methyl sites for hydroxylation is 1. The molecule has 0 spiro atoms. The predicted octanol–water partition coefficient (Wildman–Crippen LogP) is 2.41. The van der Waals surface area contributed by atoms with Crippen molar-refractivity contribution in [2.75, 3.05) is 0 Å². The molecule has 0 aliphatic rings. The largest absolute Gasteiger partial charge is 0.352 e. The van der Waals surface area contributed by atoms with Gasteiger partial charge in [0.25, 0.3) is 0 Å². The summed E-state index contributed by atoms with van der Waals surface area (Å²) in [7, 11) is 0. The van der Waals surface area contributed by atoms with Gasteiger partial charge in [-0.3, -0.25) is 4.79 Å². The normalized spacial score (nSPS) is 10.9. The Morgan fingerprint density at radius 3 is 3.07 bits per heavy atom. The van der Waals surface area contributed by atoms with Gasteiger partial charge in [-0.2, -0.15) is 10.1 Å². The first-order valence-corrected chi connectivity index (χ1v) is 9.59. The molecule has 4 aromatic rings. The first kappa shape index (κ1) is 18.0. The standard InChI is InChI=1S/C18H17N7O2S/c26-15(6-1-7-16-23-17(24-27-16)14-5-3-9-28-14)21-10-13-4-2-8-20-18(13)25-12-19-11-22-25/h2-5,8-9,11-12H,1,6-7,10H2,(H,21,26). The third kappa shape index (κ3) is 4.29. The Morgan fingerprint density at radius 2 is 2.25 bits per heavy atom. The third-order valence-corrected chi connectivity index (χ3v) is 4.85. The van der Waals surface area contributed by atoms with Crippen LogP contribution in [0.1, 0.15) is 24.3 Å². The van der Waals surface area contributed by atoms with Crippen molar-refractivity contribution < 1.29 is 9.32 Å². The van der Waals surface area contributed by atoms with Crippen LogP contribution in [0.15, 0.2) is 53.0 Å². The number of carbonyl (C=O) groups excluding carboxylic acids is 1. The minimum Gasteiger partial charge on any atom is -0.352 e. The van der Waals surface area contributed by atoms with E-state index in [-0.39, 0.29) is 5.91 Å². The van der Waals surface area contributed by atoms with E-state index in [9.17, 15) is 4.79 Å². The van der Waals surface area contributed by atoms with Crippen molar-refractivity contribution in [3.63, 3.8) is 0 Å². The van der Waals surface area contributed by atoms with Crippen molar-refractivity contribution in [1.82, 2.24) is 35.2 Å². The molecule has 28 heavy (non-hydrogen) atoms. The average molecular weight is 395 g/mol. The minimum absolute atomic E-state index is 0.0496. The molecule has 0 bridgehead atoms. The van der Waals surface area contributed by atoms with E-state index in [1.807, 2.05) is 29.6 Å². The van der Waals surface area contributed by atoms with Gasteiger partial charge in [-0.1, -0.05) is 17.3 Å². The lowest BCUT2D eigenvalue weighted by molar-refractivity contribution is -0.121. The summed E-state index contributed by atoms with van der Waals surface area (Å²) in [6, 6.07) is 7.60. The number of amides is 1. The number of nitrogens with one attached hydrogen (secondary N) is 1. The summed E-state index contributed by atoms with van der Waals surface area (Å²) < 4.78 is 6.82. The predicted molar refractivity (Wildman–Crippen MR) is 102 cm³/mol. The van der Waals surface area contributed by atoms with Gasteiger partial charge in [-0.15, -0.1) is 11.3 Å². The number of aromatic nitrogens is 6. The number of carbonyl (C=O) groups is 1.